The summed E-state index contributed by atoms with van der Waals surface area (Å²) in [7, 11) is 0. The van der Waals surface area contributed by atoms with Gasteiger partial charge < -0.3 is 5.11 Å². The van der Waals surface area contributed by atoms with Crippen LogP contribution in [0.5, 0.6) is 0 Å². The van der Waals surface area contributed by atoms with Gasteiger partial charge >= 0.3 is 5.97 Å². The molecule has 2 aromatic carbocycles. The second kappa shape index (κ2) is 7.18. The second-order valence-electron chi connectivity index (χ2n) is 4.82. The summed E-state index contributed by atoms with van der Waals surface area (Å²) in [6.07, 6.45) is 0.796. The predicted molar refractivity (Wildman–Crippen MR) is 86.8 cm³/mol. The van der Waals surface area contributed by atoms with Crippen LogP contribution < -0.4 is 0 Å². The number of hydrogen-bond donors (Lipinski definition) is 1. The van der Waals surface area contributed by atoms with Crippen molar-refractivity contribution in [3.8, 4) is 0 Å². The zero-order valence-corrected chi connectivity index (χ0v) is 14.2. The molecule has 0 aliphatic carbocycles. The van der Waals surface area contributed by atoms with Crippen LogP contribution in [0.4, 0.5) is 4.39 Å². The predicted octanol–water partition coefficient (Wildman–Crippen LogP) is 4.84. The first-order valence-electron chi connectivity index (χ1n) is 6.37. The first-order valence-corrected chi connectivity index (χ1v) is 7.95. The average molecular weight is 416 g/mol. The summed E-state index contributed by atoms with van der Waals surface area (Å²) in [5, 5.41) is 9.39. The minimum atomic E-state index is -0.851. The molecule has 1 unspecified atom stereocenters. The van der Waals surface area contributed by atoms with E-state index < -0.39 is 11.9 Å². The van der Waals surface area contributed by atoms with Crippen LogP contribution in [0.3, 0.4) is 0 Å². The van der Waals surface area contributed by atoms with E-state index in [0.717, 1.165) is 15.6 Å². The Morgan fingerprint density at radius 3 is 2.33 bits per heavy atom. The van der Waals surface area contributed by atoms with Crippen LogP contribution in [0.25, 0.3) is 0 Å². The topological polar surface area (TPSA) is 37.3 Å². The van der Waals surface area contributed by atoms with Gasteiger partial charge in [-0.2, -0.15) is 0 Å². The molecule has 0 radical (unpaired) electrons. The lowest BCUT2D eigenvalue weighted by Gasteiger charge is -2.13. The van der Waals surface area contributed by atoms with Crippen molar-refractivity contribution in [1.82, 2.24) is 0 Å². The molecule has 0 aliphatic rings. The van der Waals surface area contributed by atoms with Gasteiger partial charge in [0, 0.05) is 4.47 Å². The quantitative estimate of drug-likeness (QED) is 0.758. The minimum Gasteiger partial charge on any atom is -0.481 e. The van der Waals surface area contributed by atoms with Gasteiger partial charge in [0.2, 0.25) is 0 Å². The summed E-state index contributed by atoms with van der Waals surface area (Å²) in [6, 6.07) is 12.2. The normalized spacial score (nSPS) is 12.1. The molecule has 0 spiro atoms. The zero-order chi connectivity index (χ0) is 15.4. The molecule has 2 nitrogen and oxygen atoms in total. The highest BCUT2D eigenvalue weighted by Crippen LogP contribution is 2.22. The van der Waals surface area contributed by atoms with E-state index in [9.17, 15) is 14.3 Å². The molecule has 0 saturated carbocycles. The first kappa shape index (κ1) is 16.2. The highest BCUT2D eigenvalue weighted by Gasteiger charge is 2.19. The number of aliphatic carboxylic acids is 1. The van der Waals surface area contributed by atoms with Gasteiger partial charge in [-0.1, -0.05) is 34.1 Å². The van der Waals surface area contributed by atoms with Crippen molar-refractivity contribution in [2.75, 3.05) is 0 Å². The maximum absolute atomic E-state index is 13.2. The molecular formula is C16H13Br2FO2. The molecule has 0 fully saturated rings. The van der Waals surface area contributed by atoms with Gasteiger partial charge in [0.15, 0.2) is 0 Å². The molecule has 0 bridgehead atoms. The largest absolute Gasteiger partial charge is 0.481 e. The van der Waals surface area contributed by atoms with E-state index in [2.05, 4.69) is 31.9 Å². The highest BCUT2D eigenvalue weighted by atomic mass is 79.9. The lowest BCUT2D eigenvalue weighted by molar-refractivity contribution is -0.141. The molecule has 1 atom stereocenters. The van der Waals surface area contributed by atoms with Crippen molar-refractivity contribution in [3.63, 3.8) is 0 Å². The Morgan fingerprint density at radius 2 is 1.76 bits per heavy atom. The fourth-order valence-electron chi connectivity index (χ4n) is 2.15. The lowest BCUT2D eigenvalue weighted by atomic mass is 9.93. The smallest absolute Gasteiger partial charge is 0.307 e. The van der Waals surface area contributed by atoms with Crippen LogP contribution >= 0.6 is 31.9 Å². The Hall–Kier alpha value is -1.20. The SMILES string of the molecule is O=C(O)C(Cc1cccc(Br)c1)Cc1ccc(F)c(Br)c1. The van der Waals surface area contributed by atoms with E-state index in [1.54, 1.807) is 12.1 Å². The van der Waals surface area contributed by atoms with Crippen LogP contribution in [0.1, 0.15) is 11.1 Å². The average Bonchev–Trinajstić information content (AvgIpc) is 2.42. The van der Waals surface area contributed by atoms with E-state index in [1.165, 1.54) is 6.07 Å². The van der Waals surface area contributed by atoms with Gasteiger partial charge in [0.1, 0.15) is 5.82 Å². The number of halogens is 3. The van der Waals surface area contributed by atoms with Gasteiger partial charge in [-0.05, 0) is 64.2 Å². The first-order chi connectivity index (χ1) is 9.95. The van der Waals surface area contributed by atoms with Crippen LogP contribution in [-0.2, 0) is 17.6 Å². The molecule has 110 valence electrons. The van der Waals surface area contributed by atoms with E-state index in [-0.39, 0.29) is 5.82 Å². The fraction of sp³-hybridized carbons (Fsp3) is 0.188. The molecule has 2 rings (SSSR count). The summed E-state index contributed by atoms with van der Waals surface area (Å²) in [5.41, 5.74) is 1.75. The van der Waals surface area contributed by atoms with Gasteiger partial charge in [-0.15, -0.1) is 0 Å². The Kier molecular flexibility index (Phi) is 5.53. The third kappa shape index (κ3) is 4.64. The number of carboxylic acid groups (broad SMARTS) is 1. The Morgan fingerprint density at radius 1 is 1.10 bits per heavy atom. The third-order valence-electron chi connectivity index (χ3n) is 3.19. The zero-order valence-electron chi connectivity index (χ0n) is 11.0. The second-order valence-corrected chi connectivity index (χ2v) is 6.59. The molecule has 0 amide bonds. The number of carboxylic acids is 1. The van der Waals surface area contributed by atoms with E-state index in [4.69, 9.17) is 0 Å². The number of hydrogen-bond acceptors (Lipinski definition) is 1. The Bertz CT molecular complexity index is 658. The summed E-state index contributed by atoms with van der Waals surface area (Å²) >= 11 is 6.50. The van der Waals surface area contributed by atoms with Crippen molar-refractivity contribution >= 4 is 37.8 Å². The minimum absolute atomic E-state index is 0.349. The van der Waals surface area contributed by atoms with Gasteiger partial charge in [0.25, 0.3) is 0 Å². The van der Waals surface area contributed by atoms with Crippen molar-refractivity contribution in [1.29, 1.82) is 0 Å². The molecule has 2 aromatic rings. The molecule has 1 N–H and O–H groups in total. The summed E-state index contributed by atoms with van der Waals surface area (Å²) in [6.45, 7) is 0. The van der Waals surface area contributed by atoms with Crippen LogP contribution in [0, 0.1) is 11.7 Å². The van der Waals surface area contributed by atoms with Crippen molar-refractivity contribution in [2.24, 2.45) is 5.92 Å². The van der Waals surface area contributed by atoms with Gasteiger partial charge in [-0.25, -0.2) is 4.39 Å². The maximum atomic E-state index is 13.2. The molecular weight excluding hydrogens is 403 g/mol. The standard InChI is InChI=1S/C16H13Br2FO2/c17-13-3-1-2-10(8-13)6-12(16(20)21)7-11-4-5-15(19)14(18)9-11/h1-5,8-9,12H,6-7H2,(H,20,21). The highest BCUT2D eigenvalue weighted by molar-refractivity contribution is 9.10. The Balaban J connectivity index is 2.15. The number of benzene rings is 2. The summed E-state index contributed by atoms with van der Waals surface area (Å²) in [5.74, 6) is -1.75. The van der Waals surface area contributed by atoms with E-state index in [1.807, 2.05) is 24.3 Å². The molecule has 0 aliphatic heterocycles. The third-order valence-corrected chi connectivity index (χ3v) is 4.29. The lowest BCUT2D eigenvalue weighted by Crippen LogP contribution is -2.19. The van der Waals surface area contributed by atoms with Crippen molar-refractivity contribution in [3.05, 3.63) is 68.4 Å². The maximum Gasteiger partial charge on any atom is 0.307 e. The molecule has 0 heterocycles. The molecule has 21 heavy (non-hydrogen) atoms. The van der Waals surface area contributed by atoms with Crippen LogP contribution in [-0.4, -0.2) is 11.1 Å². The van der Waals surface area contributed by atoms with Gasteiger partial charge in [-0.3, -0.25) is 4.79 Å². The summed E-state index contributed by atoms with van der Waals surface area (Å²) in [4.78, 5) is 11.4. The molecule has 0 aromatic heterocycles. The fourth-order valence-corrected chi connectivity index (χ4v) is 3.02. The number of rotatable bonds is 5. The van der Waals surface area contributed by atoms with Crippen LogP contribution in [0.15, 0.2) is 51.4 Å². The monoisotopic (exact) mass is 414 g/mol. The van der Waals surface area contributed by atoms with Crippen molar-refractivity contribution in [2.45, 2.75) is 12.8 Å². The summed E-state index contributed by atoms with van der Waals surface area (Å²) < 4.78 is 14.5. The van der Waals surface area contributed by atoms with Crippen LogP contribution in [0.2, 0.25) is 0 Å². The van der Waals surface area contributed by atoms with E-state index in [0.29, 0.717) is 17.3 Å². The van der Waals surface area contributed by atoms with Crippen molar-refractivity contribution < 1.29 is 14.3 Å². The Labute approximate surface area is 139 Å². The molecule has 5 heteroatoms. The van der Waals surface area contributed by atoms with Gasteiger partial charge in [0.05, 0.1) is 10.4 Å². The molecule has 0 saturated heterocycles. The number of carbonyl (C=O) groups is 1. The van der Waals surface area contributed by atoms with E-state index >= 15 is 0 Å².